The van der Waals surface area contributed by atoms with Crippen molar-refractivity contribution in [2.24, 2.45) is 5.73 Å². The van der Waals surface area contributed by atoms with Crippen molar-refractivity contribution >= 4 is 0 Å². The van der Waals surface area contributed by atoms with Crippen LogP contribution in [0, 0.1) is 0 Å². The molecule has 0 atom stereocenters. The van der Waals surface area contributed by atoms with Crippen LogP contribution < -0.4 is 5.73 Å². The van der Waals surface area contributed by atoms with E-state index in [9.17, 15) is 0 Å². The van der Waals surface area contributed by atoms with E-state index in [0.29, 0.717) is 0 Å². The summed E-state index contributed by atoms with van der Waals surface area (Å²) >= 11 is 0. The number of rotatable bonds is 8. The molecule has 0 rings (SSSR count). The Balaban J connectivity index is 3.00. The molecule has 0 saturated heterocycles. The van der Waals surface area contributed by atoms with Gasteiger partial charge in [0.25, 0.3) is 0 Å². The molecule has 0 aliphatic carbocycles. The lowest BCUT2D eigenvalue weighted by molar-refractivity contribution is 0.587. The minimum absolute atomic E-state index is 1.05. The zero-order valence-corrected chi connectivity index (χ0v) is 9.31. The third-order valence-corrected chi connectivity index (χ3v) is 2.44. The largest absolute Gasteiger partial charge is 0.402 e. The highest BCUT2D eigenvalue weighted by atomic mass is 14.6. The van der Waals surface area contributed by atoms with Crippen molar-refractivity contribution in [3.8, 4) is 0 Å². The van der Waals surface area contributed by atoms with Crippen molar-refractivity contribution < 1.29 is 0 Å². The van der Waals surface area contributed by atoms with Crippen LogP contribution >= 0.6 is 0 Å². The summed E-state index contributed by atoms with van der Waals surface area (Å²) in [7, 11) is 0. The minimum Gasteiger partial charge on any atom is -0.402 e. The van der Waals surface area contributed by atoms with E-state index in [1.54, 1.807) is 0 Å². The molecular weight excluding hydrogens is 158 g/mol. The van der Waals surface area contributed by atoms with Gasteiger partial charge in [0.15, 0.2) is 0 Å². The molecule has 0 aromatic carbocycles. The second-order valence-corrected chi connectivity index (χ2v) is 3.73. The first-order chi connectivity index (χ1) is 6.31. The maximum atomic E-state index is 5.70. The molecule has 1 nitrogen and oxygen atoms in total. The van der Waals surface area contributed by atoms with E-state index in [4.69, 9.17) is 5.73 Å². The van der Waals surface area contributed by atoms with Crippen molar-refractivity contribution in [1.29, 1.82) is 0 Å². The van der Waals surface area contributed by atoms with E-state index >= 15 is 0 Å². The molecule has 0 fully saturated rings. The average molecular weight is 183 g/mol. The Morgan fingerprint density at radius 3 is 2.08 bits per heavy atom. The Bertz CT molecular complexity index is 127. The fraction of sp³-hybridized carbons (Fsp3) is 0.833. The number of hydrogen-bond donors (Lipinski definition) is 1. The van der Waals surface area contributed by atoms with Gasteiger partial charge >= 0.3 is 0 Å². The van der Waals surface area contributed by atoms with Gasteiger partial charge in [0.05, 0.1) is 0 Å². The minimum atomic E-state index is 1.05. The van der Waals surface area contributed by atoms with Gasteiger partial charge in [0.1, 0.15) is 0 Å². The lowest BCUT2D eigenvalue weighted by atomic mass is 10.1. The smallest absolute Gasteiger partial charge is 0.00371 e. The first-order valence-corrected chi connectivity index (χ1v) is 5.72. The maximum absolute atomic E-state index is 5.70. The summed E-state index contributed by atoms with van der Waals surface area (Å²) in [6, 6.07) is 0. The normalized spacial score (nSPS) is 12.0. The van der Waals surface area contributed by atoms with Gasteiger partial charge in [-0.1, -0.05) is 51.5 Å². The summed E-state index contributed by atoms with van der Waals surface area (Å²) in [5, 5.41) is 0. The molecule has 0 aromatic rings. The van der Waals surface area contributed by atoms with Crippen molar-refractivity contribution in [1.82, 2.24) is 0 Å². The molecular formula is C12H25N. The quantitative estimate of drug-likeness (QED) is 0.566. The van der Waals surface area contributed by atoms with Crippen LogP contribution in [0.25, 0.3) is 0 Å². The van der Waals surface area contributed by atoms with Gasteiger partial charge in [-0.25, -0.2) is 0 Å². The lowest BCUT2D eigenvalue weighted by Gasteiger charge is -2.01. The summed E-state index contributed by atoms with van der Waals surface area (Å²) in [5.41, 5.74) is 6.75. The van der Waals surface area contributed by atoms with Crippen LogP contribution in [-0.2, 0) is 0 Å². The van der Waals surface area contributed by atoms with Gasteiger partial charge in [-0.2, -0.15) is 0 Å². The third kappa shape index (κ3) is 9.45. The standard InChI is InChI=1S/C12H25N/c1-3-5-6-7-8-9-10-11-12(13)4-2/h4H,3,5-11,13H2,1-2H3/b12-4+. The summed E-state index contributed by atoms with van der Waals surface area (Å²) in [6.07, 6.45) is 12.7. The highest BCUT2D eigenvalue weighted by Gasteiger charge is 1.91. The third-order valence-electron chi connectivity index (χ3n) is 2.44. The number of allylic oxidation sites excluding steroid dienone is 2. The molecule has 0 aliphatic heterocycles. The maximum Gasteiger partial charge on any atom is 0.00371 e. The molecule has 0 bridgehead atoms. The van der Waals surface area contributed by atoms with E-state index in [1.165, 1.54) is 44.9 Å². The van der Waals surface area contributed by atoms with Gasteiger partial charge in [0, 0.05) is 5.70 Å². The number of hydrogen-bond acceptors (Lipinski definition) is 1. The first kappa shape index (κ1) is 12.5. The van der Waals surface area contributed by atoms with Crippen molar-refractivity contribution in [2.75, 3.05) is 0 Å². The van der Waals surface area contributed by atoms with Crippen molar-refractivity contribution in [2.45, 2.75) is 65.2 Å². The number of nitrogens with two attached hydrogens (primary N) is 1. The molecule has 0 spiro atoms. The number of unbranched alkanes of at least 4 members (excludes halogenated alkanes) is 6. The second kappa shape index (κ2) is 9.63. The summed E-state index contributed by atoms with van der Waals surface area (Å²) in [5.74, 6) is 0. The summed E-state index contributed by atoms with van der Waals surface area (Å²) in [4.78, 5) is 0. The van der Waals surface area contributed by atoms with Crippen LogP contribution in [0.2, 0.25) is 0 Å². The second-order valence-electron chi connectivity index (χ2n) is 3.73. The van der Waals surface area contributed by atoms with E-state index in [0.717, 1.165) is 12.1 Å². The van der Waals surface area contributed by atoms with E-state index in [-0.39, 0.29) is 0 Å². The molecule has 0 radical (unpaired) electrons. The molecule has 2 N–H and O–H groups in total. The van der Waals surface area contributed by atoms with Crippen LogP contribution in [0.1, 0.15) is 65.2 Å². The Morgan fingerprint density at radius 1 is 1.00 bits per heavy atom. The fourth-order valence-corrected chi connectivity index (χ4v) is 1.43. The molecule has 1 heteroatoms. The molecule has 78 valence electrons. The molecule has 0 aliphatic rings. The fourth-order valence-electron chi connectivity index (χ4n) is 1.43. The van der Waals surface area contributed by atoms with Crippen LogP contribution in [-0.4, -0.2) is 0 Å². The van der Waals surface area contributed by atoms with Crippen LogP contribution in [0.15, 0.2) is 11.8 Å². The predicted molar refractivity (Wildman–Crippen MR) is 60.6 cm³/mol. The van der Waals surface area contributed by atoms with Crippen LogP contribution in [0.4, 0.5) is 0 Å². The Morgan fingerprint density at radius 2 is 1.54 bits per heavy atom. The Hall–Kier alpha value is -0.460. The molecule has 0 heterocycles. The molecule has 0 saturated carbocycles. The van der Waals surface area contributed by atoms with Gasteiger partial charge in [0.2, 0.25) is 0 Å². The van der Waals surface area contributed by atoms with Crippen molar-refractivity contribution in [3.63, 3.8) is 0 Å². The monoisotopic (exact) mass is 183 g/mol. The lowest BCUT2D eigenvalue weighted by Crippen LogP contribution is -1.95. The highest BCUT2D eigenvalue weighted by molar-refractivity contribution is 4.92. The van der Waals surface area contributed by atoms with E-state index < -0.39 is 0 Å². The Labute approximate surface area is 83.4 Å². The summed E-state index contributed by atoms with van der Waals surface area (Å²) < 4.78 is 0. The van der Waals surface area contributed by atoms with Gasteiger partial charge in [-0.3, -0.25) is 0 Å². The van der Waals surface area contributed by atoms with Gasteiger partial charge in [-0.15, -0.1) is 0 Å². The first-order valence-electron chi connectivity index (χ1n) is 5.72. The Kier molecular flexibility index (Phi) is 9.29. The molecule has 0 aromatic heterocycles. The van der Waals surface area contributed by atoms with Crippen LogP contribution in [0.3, 0.4) is 0 Å². The van der Waals surface area contributed by atoms with Gasteiger partial charge in [-0.05, 0) is 19.8 Å². The molecule has 13 heavy (non-hydrogen) atoms. The highest BCUT2D eigenvalue weighted by Crippen LogP contribution is 2.09. The van der Waals surface area contributed by atoms with Gasteiger partial charge < -0.3 is 5.73 Å². The zero-order valence-electron chi connectivity index (χ0n) is 9.31. The van der Waals surface area contributed by atoms with Crippen molar-refractivity contribution in [3.05, 3.63) is 11.8 Å². The SMILES string of the molecule is C/C=C(/N)CCCCCCCCC. The van der Waals surface area contributed by atoms with E-state index in [1.807, 2.05) is 13.0 Å². The summed E-state index contributed by atoms with van der Waals surface area (Å²) in [6.45, 7) is 4.27. The van der Waals surface area contributed by atoms with Crippen LogP contribution in [0.5, 0.6) is 0 Å². The van der Waals surface area contributed by atoms with E-state index in [2.05, 4.69) is 6.92 Å². The zero-order chi connectivity index (χ0) is 9.94. The topological polar surface area (TPSA) is 26.0 Å². The predicted octanol–water partition coefficient (Wildman–Crippen LogP) is 3.99. The average Bonchev–Trinajstić information content (AvgIpc) is 2.16. The molecule has 0 unspecified atom stereocenters. The molecule has 0 amide bonds.